The topological polar surface area (TPSA) is 79.5 Å². The zero-order valence-corrected chi connectivity index (χ0v) is 4.79. The molecule has 1 unspecified atom stereocenters. The van der Waals surface area contributed by atoms with Crippen LogP contribution in [0.4, 0.5) is 4.79 Å². The standard InChI is InChI=1S/C4H8N4O/c5-4(9)8-3-1-6-2-7-3/h2-3H,1H2,(H,6,7)(H3,5,8,9). The summed E-state index contributed by atoms with van der Waals surface area (Å²) < 4.78 is 0. The molecule has 1 aliphatic rings. The van der Waals surface area contributed by atoms with Crippen LogP contribution in [-0.2, 0) is 0 Å². The maximum absolute atomic E-state index is 10.2. The number of hydrogen-bond acceptors (Lipinski definition) is 3. The number of rotatable bonds is 1. The van der Waals surface area contributed by atoms with E-state index in [4.69, 9.17) is 5.73 Å². The first-order valence-corrected chi connectivity index (χ1v) is 2.59. The summed E-state index contributed by atoms with van der Waals surface area (Å²) in [5, 5.41) is 5.23. The molecule has 0 bridgehead atoms. The van der Waals surface area contributed by atoms with E-state index in [9.17, 15) is 4.79 Å². The van der Waals surface area contributed by atoms with Crippen LogP contribution in [0.25, 0.3) is 0 Å². The van der Waals surface area contributed by atoms with Gasteiger partial charge in [-0.3, -0.25) is 4.99 Å². The highest BCUT2D eigenvalue weighted by molar-refractivity contribution is 5.72. The van der Waals surface area contributed by atoms with Gasteiger partial charge in [-0.15, -0.1) is 0 Å². The fourth-order valence-electron chi connectivity index (χ4n) is 0.613. The zero-order chi connectivity index (χ0) is 6.69. The zero-order valence-electron chi connectivity index (χ0n) is 4.79. The Balaban J connectivity index is 2.22. The van der Waals surface area contributed by atoms with E-state index in [0.29, 0.717) is 6.54 Å². The van der Waals surface area contributed by atoms with E-state index in [1.165, 1.54) is 0 Å². The second-order valence-corrected chi connectivity index (χ2v) is 1.72. The molecule has 0 radical (unpaired) electrons. The number of carbonyl (C=O) groups is 1. The summed E-state index contributed by atoms with van der Waals surface area (Å²) in [4.78, 5) is 14.0. The number of nitrogens with one attached hydrogen (secondary N) is 2. The Hall–Kier alpha value is -1.26. The molecule has 0 fully saturated rings. The Labute approximate surface area is 52.3 Å². The Morgan fingerprint density at radius 3 is 3.22 bits per heavy atom. The van der Waals surface area contributed by atoms with Crippen LogP contribution < -0.4 is 16.4 Å². The lowest BCUT2D eigenvalue weighted by atomic mass is 10.5. The summed E-state index contributed by atoms with van der Waals surface area (Å²) >= 11 is 0. The average molecular weight is 128 g/mol. The van der Waals surface area contributed by atoms with Crippen molar-refractivity contribution in [3.05, 3.63) is 0 Å². The van der Waals surface area contributed by atoms with Gasteiger partial charge in [0.25, 0.3) is 0 Å². The first-order chi connectivity index (χ1) is 4.29. The van der Waals surface area contributed by atoms with Crippen molar-refractivity contribution in [1.29, 1.82) is 0 Å². The van der Waals surface area contributed by atoms with Crippen molar-refractivity contribution in [2.24, 2.45) is 10.7 Å². The molecule has 1 heterocycles. The molecule has 9 heavy (non-hydrogen) atoms. The quantitative estimate of drug-likeness (QED) is 0.406. The van der Waals surface area contributed by atoms with Crippen LogP contribution in [-0.4, -0.2) is 25.1 Å². The maximum atomic E-state index is 10.2. The van der Waals surface area contributed by atoms with Gasteiger partial charge in [0.05, 0.1) is 12.9 Å². The highest BCUT2D eigenvalue weighted by atomic mass is 16.2. The largest absolute Gasteiger partial charge is 0.355 e. The number of amides is 2. The Morgan fingerprint density at radius 1 is 2.00 bits per heavy atom. The minimum Gasteiger partial charge on any atom is -0.355 e. The van der Waals surface area contributed by atoms with Crippen molar-refractivity contribution in [3.8, 4) is 0 Å². The van der Waals surface area contributed by atoms with Gasteiger partial charge in [0.15, 0.2) is 0 Å². The average Bonchev–Trinajstić information content (AvgIpc) is 2.15. The first-order valence-electron chi connectivity index (χ1n) is 2.59. The van der Waals surface area contributed by atoms with E-state index in [1.807, 2.05) is 0 Å². The van der Waals surface area contributed by atoms with E-state index in [1.54, 1.807) is 6.34 Å². The first kappa shape index (κ1) is 5.87. The third kappa shape index (κ3) is 1.60. The number of aliphatic imine (C=N–C) groups is 1. The predicted molar refractivity (Wildman–Crippen MR) is 33.0 cm³/mol. The van der Waals surface area contributed by atoms with Gasteiger partial charge < -0.3 is 16.4 Å². The summed E-state index contributed by atoms with van der Waals surface area (Å²) in [7, 11) is 0. The Morgan fingerprint density at radius 2 is 2.78 bits per heavy atom. The van der Waals surface area contributed by atoms with Crippen molar-refractivity contribution in [2.75, 3.05) is 6.54 Å². The van der Waals surface area contributed by atoms with Gasteiger partial charge in [0.1, 0.15) is 6.17 Å². The molecular weight excluding hydrogens is 120 g/mol. The molecule has 2 amide bonds. The van der Waals surface area contributed by atoms with Crippen molar-refractivity contribution < 1.29 is 4.79 Å². The predicted octanol–water partition coefficient (Wildman–Crippen LogP) is -1.39. The van der Waals surface area contributed by atoms with Crippen LogP contribution in [0.3, 0.4) is 0 Å². The van der Waals surface area contributed by atoms with E-state index in [2.05, 4.69) is 15.6 Å². The summed E-state index contributed by atoms with van der Waals surface area (Å²) in [5.74, 6) is 0. The minimum absolute atomic E-state index is 0.109. The molecule has 1 atom stereocenters. The van der Waals surface area contributed by atoms with E-state index < -0.39 is 6.03 Å². The SMILES string of the molecule is NC(=O)NC1CN=CN1. The smallest absolute Gasteiger partial charge is 0.313 e. The summed E-state index contributed by atoms with van der Waals surface area (Å²) in [6, 6.07) is -0.530. The van der Waals surface area contributed by atoms with E-state index in [-0.39, 0.29) is 6.17 Å². The normalized spacial score (nSPS) is 23.3. The summed E-state index contributed by atoms with van der Waals surface area (Å²) in [6.07, 6.45) is 1.43. The molecule has 0 aromatic rings. The summed E-state index contributed by atoms with van der Waals surface area (Å²) in [6.45, 7) is 0.558. The van der Waals surface area contributed by atoms with Crippen LogP contribution >= 0.6 is 0 Å². The van der Waals surface area contributed by atoms with Crippen LogP contribution in [0, 0.1) is 0 Å². The van der Waals surface area contributed by atoms with Gasteiger partial charge in [-0.25, -0.2) is 4.79 Å². The van der Waals surface area contributed by atoms with Crippen LogP contribution in [0.5, 0.6) is 0 Å². The van der Waals surface area contributed by atoms with Gasteiger partial charge in [-0.2, -0.15) is 0 Å². The molecule has 0 saturated carbocycles. The van der Waals surface area contributed by atoms with Gasteiger partial charge >= 0.3 is 6.03 Å². The van der Waals surface area contributed by atoms with Gasteiger partial charge in [0, 0.05) is 0 Å². The molecule has 0 aromatic heterocycles. The molecule has 0 spiro atoms. The fourth-order valence-corrected chi connectivity index (χ4v) is 0.613. The number of primary amides is 1. The van der Waals surface area contributed by atoms with Crippen molar-refractivity contribution in [1.82, 2.24) is 10.6 Å². The van der Waals surface area contributed by atoms with Gasteiger partial charge in [-0.05, 0) is 0 Å². The number of carbonyl (C=O) groups excluding carboxylic acids is 1. The highest BCUT2D eigenvalue weighted by Gasteiger charge is 2.09. The fraction of sp³-hybridized carbons (Fsp3) is 0.500. The third-order valence-electron chi connectivity index (χ3n) is 0.971. The molecule has 50 valence electrons. The second-order valence-electron chi connectivity index (χ2n) is 1.72. The molecule has 4 N–H and O–H groups in total. The van der Waals surface area contributed by atoms with Crippen molar-refractivity contribution >= 4 is 12.4 Å². The third-order valence-corrected chi connectivity index (χ3v) is 0.971. The van der Waals surface area contributed by atoms with E-state index >= 15 is 0 Å². The minimum atomic E-state index is -0.530. The lowest BCUT2D eigenvalue weighted by Gasteiger charge is -2.08. The highest BCUT2D eigenvalue weighted by Crippen LogP contribution is 1.83. The molecule has 1 aliphatic heterocycles. The van der Waals surface area contributed by atoms with Crippen molar-refractivity contribution in [3.63, 3.8) is 0 Å². The number of hydrogen-bond donors (Lipinski definition) is 3. The number of urea groups is 1. The second kappa shape index (κ2) is 2.34. The Bertz CT molecular complexity index is 136. The maximum Gasteiger partial charge on any atom is 0.313 e. The lowest BCUT2D eigenvalue weighted by Crippen LogP contribution is -2.46. The molecule has 0 saturated heterocycles. The summed E-state index contributed by atoms with van der Waals surface area (Å²) in [5.41, 5.74) is 4.83. The molecule has 1 rings (SSSR count). The molecule has 0 aromatic carbocycles. The molecular formula is C4H8N4O. The van der Waals surface area contributed by atoms with Crippen LogP contribution in [0.15, 0.2) is 4.99 Å². The monoisotopic (exact) mass is 128 g/mol. The lowest BCUT2D eigenvalue weighted by molar-refractivity contribution is 0.245. The van der Waals surface area contributed by atoms with Crippen LogP contribution in [0.2, 0.25) is 0 Å². The van der Waals surface area contributed by atoms with E-state index in [0.717, 1.165) is 0 Å². The van der Waals surface area contributed by atoms with Gasteiger partial charge in [0.2, 0.25) is 0 Å². The van der Waals surface area contributed by atoms with Gasteiger partial charge in [-0.1, -0.05) is 0 Å². The molecule has 0 aliphatic carbocycles. The number of nitrogens with two attached hydrogens (primary N) is 1. The Kier molecular flexibility index (Phi) is 1.53. The van der Waals surface area contributed by atoms with Crippen LogP contribution in [0.1, 0.15) is 0 Å². The van der Waals surface area contributed by atoms with Crippen molar-refractivity contribution in [2.45, 2.75) is 6.17 Å². The number of nitrogens with zero attached hydrogens (tertiary/aromatic N) is 1. The molecule has 5 nitrogen and oxygen atoms in total. The molecule has 5 heteroatoms.